The van der Waals surface area contributed by atoms with Crippen LogP contribution in [0.4, 0.5) is 10.5 Å². The van der Waals surface area contributed by atoms with Gasteiger partial charge in [0.15, 0.2) is 15.6 Å². The van der Waals surface area contributed by atoms with E-state index in [0.29, 0.717) is 48.0 Å². The van der Waals surface area contributed by atoms with Crippen molar-refractivity contribution >= 4 is 32.9 Å². The number of piperidine rings is 1. The fraction of sp³-hybridized carbons (Fsp3) is 0.179. The van der Waals surface area contributed by atoms with E-state index in [1.54, 1.807) is 40.5 Å². The van der Waals surface area contributed by atoms with Gasteiger partial charge in [0.25, 0.3) is 0 Å². The summed E-state index contributed by atoms with van der Waals surface area (Å²) in [5.41, 5.74) is 2.64. The molecule has 1 aliphatic rings. The molecular weight excluding hydrogens is 492 g/mol. The Bertz CT molecular complexity index is 1410. The minimum absolute atomic E-state index is 0.268. The molecule has 8 heteroatoms. The molecule has 0 spiro atoms. The number of rotatable bonds is 6. The van der Waals surface area contributed by atoms with Gasteiger partial charge < -0.3 is 15.0 Å². The summed E-state index contributed by atoms with van der Waals surface area (Å²) in [5, 5.41) is 6.44. The van der Waals surface area contributed by atoms with Gasteiger partial charge in [0.05, 0.1) is 15.8 Å². The molecule has 0 bridgehead atoms. The summed E-state index contributed by atoms with van der Waals surface area (Å²) < 4.78 is 32.4. The first-order chi connectivity index (χ1) is 17.5. The molecule has 0 saturated carbocycles. The van der Waals surface area contributed by atoms with Gasteiger partial charge in [0.1, 0.15) is 5.75 Å². The number of para-hydroxylation sites is 3. The van der Waals surface area contributed by atoms with Crippen molar-refractivity contribution < 1.29 is 17.9 Å². The highest BCUT2D eigenvalue weighted by Crippen LogP contribution is 2.31. The summed E-state index contributed by atoms with van der Waals surface area (Å²) in [7, 11) is -3.47. The summed E-state index contributed by atoms with van der Waals surface area (Å²) >= 11 is 1.61. The summed E-state index contributed by atoms with van der Waals surface area (Å²) in [5.74, 6) is 1.22. The molecule has 0 aliphatic carbocycles. The second-order valence-electron chi connectivity index (χ2n) is 8.61. The molecule has 1 aliphatic heterocycles. The van der Waals surface area contributed by atoms with Gasteiger partial charge >= 0.3 is 6.03 Å². The van der Waals surface area contributed by atoms with Crippen molar-refractivity contribution in [2.75, 3.05) is 18.4 Å². The molecule has 1 fully saturated rings. The zero-order chi connectivity index (χ0) is 25.0. The maximum atomic E-state index is 13.2. The minimum atomic E-state index is -3.47. The number of hydrogen-bond acceptors (Lipinski definition) is 5. The Hall–Kier alpha value is -3.62. The molecule has 1 N–H and O–H groups in total. The normalized spacial score (nSPS) is 14.4. The second kappa shape index (κ2) is 10.6. The Kier molecular flexibility index (Phi) is 7.06. The van der Waals surface area contributed by atoms with E-state index in [4.69, 9.17) is 4.74 Å². The van der Waals surface area contributed by atoms with Crippen LogP contribution in [-0.2, 0) is 9.84 Å². The SMILES string of the molecule is O=C(Nc1ccccc1Oc1ccccc1)N1CCC(S(=O)(=O)c2ccc(-c3ccsc3)cc2)CC1. The fourth-order valence-electron chi connectivity index (χ4n) is 4.30. The number of ether oxygens (including phenoxy) is 1. The third-order valence-corrected chi connectivity index (χ3v) is 9.27. The maximum absolute atomic E-state index is 13.2. The predicted octanol–water partition coefficient (Wildman–Crippen LogP) is 6.68. The monoisotopic (exact) mass is 518 g/mol. The van der Waals surface area contributed by atoms with Crippen LogP contribution in [-0.4, -0.2) is 37.7 Å². The van der Waals surface area contributed by atoms with Crippen molar-refractivity contribution in [2.24, 2.45) is 0 Å². The van der Waals surface area contributed by atoms with Crippen LogP contribution in [0.5, 0.6) is 11.5 Å². The van der Waals surface area contributed by atoms with Crippen molar-refractivity contribution in [3.8, 4) is 22.6 Å². The van der Waals surface area contributed by atoms with Crippen molar-refractivity contribution in [3.05, 3.63) is 95.7 Å². The van der Waals surface area contributed by atoms with Gasteiger partial charge in [0.2, 0.25) is 0 Å². The molecule has 5 rings (SSSR count). The third kappa shape index (κ3) is 5.29. The van der Waals surface area contributed by atoms with Crippen LogP contribution in [0.3, 0.4) is 0 Å². The van der Waals surface area contributed by atoms with Gasteiger partial charge in [-0.1, -0.05) is 42.5 Å². The summed E-state index contributed by atoms with van der Waals surface area (Å²) in [6.45, 7) is 0.731. The molecule has 1 saturated heterocycles. The van der Waals surface area contributed by atoms with E-state index in [9.17, 15) is 13.2 Å². The number of nitrogens with one attached hydrogen (secondary N) is 1. The van der Waals surface area contributed by atoms with Crippen molar-refractivity contribution in [2.45, 2.75) is 23.0 Å². The lowest BCUT2D eigenvalue weighted by molar-refractivity contribution is 0.200. The van der Waals surface area contributed by atoms with Crippen LogP contribution < -0.4 is 10.1 Å². The zero-order valence-electron chi connectivity index (χ0n) is 19.5. The average Bonchev–Trinajstić information content (AvgIpc) is 3.46. The Balaban J connectivity index is 1.21. The summed E-state index contributed by atoms with van der Waals surface area (Å²) in [6, 6.07) is 25.4. The van der Waals surface area contributed by atoms with Crippen LogP contribution in [0.15, 0.2) is 101 Å². The van der Waals surface area contributed by atoms with E-state index >= 15 is 0 Å². The Labute approximate surface area is 215 Å². The summed E-state index contributed by atoms with van der Waals surface area (Å²) in [6.07, 6.45) is 0.786. The van der Waals surface area contributed by atoms with Gasteiger partial charge in [-0.3, -0.25) is 0 Å². The lowest BCUT2D eigenvalue weighted by atomic mass is 10.1. The molecule has 2 amide bonds. The Morgan fingerprint density at radius 2 is 1.56 bits per heavy atom. The molecule has 0 atom stereocenters. The number of anilines is 1. The molecular formula is C28H26N2O4S2. The topological polar surface area (TPSA) is 75.7 Å². The standard InChI is InChI=1S/C28H26N2O4S2/c31-28(29-26-8-4-5-9-27(26)34-23-6-2-1-3-7-23)30-17-14-25(15-18-30)36(32,33)24-12-10-21(11-13-24)22-16-19-35-20-22/h1-13,16,19-20,25H,14-15,17-18H2,(H,29,31). The highest BCUT2D eigenvalue weighted by molar-refractivity contribution is 7.92. The van der Waals surface area contributed by atoms with Gasteiger partial charge in [-0.05, 0) is 77.2 Å². The van der Waals surface area contributed by atoms with Gasteiger partial charge in [-0.15, -0.1) is 0 Å². The van der Waals surface area contributed by atoms with Crippen molar-refractivity contribution in [1.82, 2.24) is 4.90 Å². The first-order valence-electron chi connectivity index (χ1n) is 11.7. The van der Waals surface area contributed by atoms with E-state index in [-0.39, 0.29) is 6.03 Å². The molecule has 1 aromatic heterocycles. The average molecular weight is 519 g/mol. The number of likely N-dealkylation sites (tertiary alicyclic amines) is 1. The Morgan fingerprint density at radius 1 is 0.861 bits per heavy atom. The maximum Gasteiger partial charge on any atom is 0.321 e. The van der Waals surface area contributed by atoms with E-state index in [1.807, 2.05) is 71.4 Å². The van der Waals surface area contributed by atoms with E-state index in [1.165, 1.54) is 0 Å². The first-order valence-corrected chi connectivity index (χ1v) is 14.2. The molecule has 3 aromatic carbocycles. The van der Waals surface area contributed by atoms with E-state index < -0.39 is 15.1 Å². The predicted molar refractivity (Wildman–Crippen MR) is 144 cm³/mol. The van der Waals surface area contributed by atoms with Crippen LogP contribution in [0.2, 0.25) is 0 Å². The fourth-order valence-corrected chi connectivity index (χ4v) is 6.69. The highest BCUT2D eigenvalue weighted by atomic mass is 32.2. The molecule has 4 aromatic rings. The quantitative estimate of drug-likeness (QED) is 0.309. The third-order valence-electron chi connectivity index (χ3n) is 6.31. The number of nitrogens with zero attached hydrogens (tertiary/aromatic N) is 1. The van der Waals surface area contributed by atoms with Gasteiger partial charge in [0, 0.05) is 13.1 Å². The smallest absolute Gasteiger partial charge is 0.321 e. The lowest BCUT2D eigenvalue weighted by Crippen LogP contribution is -2.44. The first kappa shape index (κ1) is 24.1. The number of benzene rings is 3. The number of carbonyl (C=O) groups is 1. The molecule has 2 heterocycles. The molecule has 0 unspecified atom stereocenters. The number of urea groups is 1. The Morgan fingerprint density at radius 3 is 2.25 bits per heavy atom. The summed E-state index contributed by atoms with van der Waals surface area (Å²) in [4.78, 5) is 14.9. The number of sulfone groups is 1. The zero-order valence-corrected chi connectivity index (χ0v) is 21.2. The van der Waals surface area contributed by atoms with E-state index in [2.05, 4.69) is 5.32 Å². The number of thiophene rings is 1. The lowest BCUT2D eigenvalue weighted by Gasteiger charge is -2.32. The van der Waals surface area contributed by atoms with Crippen LogP contribution >= 0.6 is 11.3 Å². The largest absolute Gasteiger partial charge is 0.455 e. The van der Waals surface area contributed by atoms with Crippen LogP contribution in [0, 0.1) is 0 Å². The molecule has 36 heavy (non-hydrogen) atoms. The molecule has 0 radical (unpaired) electrons. The van der Waals surface area contributed by atoms with Crippen molar-refractivity contribution in [3.63, 3.8) is 0 Å². The number of amides is 2. The van der Waals surface area contributed by atoms with Crippen LogP contribution in [0.25, 0.3) is 11.1 Å². The number of hydrogen-bond donors (Lipinski definition) is 1. The highest BCUT2D eigenvalue weighted by Gasteiger charge is 2.33. The minimum Gasteiger partial charge on any atom is -0.455 e. The molecule has 6 nitrogen and oxygen atoms in total. The van der Waals surface area contributed by atoms with E-state index in [0.717, 1.165) is 11.1 Å². The van der Waals surface area contributed by atoms with Gasteiger partial charge in [-0.2, -0.15) is 11.3 Å². The second-order valence-corrected chi connectivity index (χ2v) is 11.6. The number of carbonyl (C=O) groups excluding carboxylic acids is 1. The van der Waals surface area contributed by atoms with Gasteiger partial charge in [-0.25, -0.2) is 13.2 Å². The van der Waals surface area contributed by atoms with Crippen LogP contribution in [0.1, 0.15) is 12.8 Å². The molecule has 184 valence electrons. The van der Waals surface area contributed by atoms with Crippen molar-refractivity contribution in [1.29, 1.82) is 0 Å².